The Morgan fingerprint density at radius 3 is 2.67 bits per heavy atom. The molecule has 4 nitrogen and oxygen atoms in total. The number of carbonyl (C=O) groups is 1. The SMILES string of the molecule is CC(CN(C)CCC(=O)Nc1cc(N)ccc1F)c1ccccc1. The summed E-state index contributed by atoms with van der Waals surface area (Å²) < 4.78 is 13.6. The lowest BCUT2D eigenvalue weighted by atomic mass is 10.0. The van der Waals surface area contributed by atoms with E-state index in [4.69, 9.17) is 5.73 Å². The van der Waals surface area contributed by atoms with E-state index in [1.807, 2.05) is 25.2 Å². The molecule has 0 fully saturated rings. The quantitative estimate of drug-likeness (QED) is 0.765. The van der Waals surface area contributed by atoms with Crippen molar-refractivity contribution < 1.29 is 9.18 Å². The fraction of sp³-hybridized carbons (Fsp3) is 0.316. The maximum atomic E-state index is 13.6. The Morgan fingerprint density at radius 1 is 1.25 bits per heavy atom. The first-order valence-corrected chi connectivity index (χ1v) is 8.04. The van der Waals surface area contributed by atoms with Crippen LogP contribution in [0, 0.1) is 5.82 Å². The highest BCUT2D eigenvalue weighted by Crippen LogP contribution is 2.18. The molecular formula is C19H24FN3O. The van der Waals surface area contributed by atoms with Gasteiger partial charge in [0.25, 0.3) is 0 Å². The van der Waals surface area contributed by atoms with Gasteiger partial charge < -0.3 is 16.0 Å². The van der Waals surface area contributed by atoms with Crippen LogP contribution in [0.2, 0.25) is 0 Å². The molecule has 2 aromatic carbocycles. The van der Waals surface area contributed by atoms with Gasteiger partial charge in [-0.3, -0.25) is 4.79 Å². The number of nitrogen functional groups attached to an aromatic ring is 1. The van der Waals surface area contributed by atoms with Crippen molar-refractivity contribution in [2.45, 2.75) is 19.3 Å². The molecule has 5 heteroatoms. The summed E-state index contributed by atoms with van der Waals surface area (Å²) in [7, 11) is 1.98. The largest absolute Gasteiger partial charge is 0.399 e. The first kappa shape index (κ1) is 17.9. The molecule has 0 aliphatic carbocycles. The zero-order valence-electron chi connectivity index (χ0n) is 14.1. The third kappa shape index (κ3) is 5.35. The molecule has 3 N–H and O–H groups in total. The highest BCUT2D eigenvalue weighted by atomic mass is 19.1. The molecule has 0 aliphatic heterocycles. The molecule has 0 saturated heterocycles. The number of rotatable bonds is 7. The van der Waals surface area contributed by atoms with E-state index < -0.39 is 5.82 Å². The predicted octanol–water partition coefficient (Wildman–Crippen LogP) is 3.47. The minimum absolute atomic E-state index is 0.125. The molecule has 1 unspecified atom stereocenters. The number of anilines is 2. The number of amides is 1. The molecule has 0 heterocycles. The first-order chi connectivity index (χ1) is 11.5. The fourth-order valence-electron chi connectivity index (χ4n) is 2.59. The Balaban J connectivity index is 1.80. The van der Waals surface area contributed by atoms with Crippen molar-refractivity contribution in [2.24, 2.45) is 0 Å². The van der Waals surface area contributed by atoms with Crippen LogP contribution in [0.15, 0.2) is 48.5 Å². The lowest BCUT2D eigenvalue weighted by Gasteiger charge is -2.21. The minimum atomic E-state index is -0.483. The topological polar surface area (TPSA) is 58.4 Å². The molecule has 24 heavy (non-hydrogen) atoms. The van der Waals surface area contributed by atoms with Gasteiger partial charge in [-0.1, -0.05) is 37.3 Å². The summed E-state index contributed by atoms with van der Waals surface area (Å²) in [5, 5.41) is 2.57. The third-order valence-corrected chi connectivity index (χ3v) is 3.94. The number of halogens is 1. The van der Waals surface area contributed by atoms with Crippen LogP contribution >= 0.6 is 0 Å². The average Bonchev–Trinajstić information content (AvgIpc) is 2.57. The molecule has 0 radical (unpaired) electrons. The third-order valence-electron chi connectivity index (χ3n) is 3.94. The van der Waals surface area contributed by atoms with Gasteiger partial charge in [0.15, 0.2) is 0 Å². The second kappa shape index (κ2) is 8.45. The molecule has 0 bridgehead atoms. The Hall–Kier alpha value is -2.40. The van der Waals surface area contributed by atoms with E-state index in [0.29, 0.717) is 24.6 Å². The van der Waals surface area contributed by atoms with E-state index in [2.05, 4.69) is 29.3 Å². The van der Waals surface area contributed by atoms with Crippen molar-refractivity contribution in [2.75, 3.05) is 31.2 Å². The van der Waals surface area contributed by atoms with Crippen LogP contribution in [0.5, 0.6) is 0 Å². The van der Waals surface area contributed by atoms with Gasteiger partial charge in [-0.15, -0.1) is 0 Å². The molecule has 0 aromatic heterocycles. The molecule has 2 aromatic rings. The smallest absolute Gasteiger partial charge is 0.225 e. The van der Waals surface area contributed by atoms with Crippen LogP contribution in [-0.4, -0.2) is 30.9 Å². The van der Waals surface area contributed by atoms with E-state index >= 15 is 0 Å². The number of nitrogens with one attached hydrogen (secondary N) is 1. The maximum Gasteiger partial charge on any atom is 0.225 e. The van der Waals surface area contributed by atoms with E-state index in [1.54, 1.807) is 0 Å². The molecule has 1 amide bonds. The predicted molar refractivity (Wildman–Crippen MR) is 96.4 cm³/mol. The summed E-state index contributed by atoms with van der Waals surface area (Å²) >= 11 is 0. The number of nitrogens with zero attached hydrogens (tertiary/aromatic N) is 1. The zero-order chi connectivity index (χ0) is 17.5. The number of benzene rings is 2. The number of likely N-dealkylation sites (N-methyl/N-ethyl adjacent to an activating group) is 1. The van der Waals surface area contributed by atoms with Crippen molar-refractivity contribution in [1.82, 2.24) is 4.90 Å². The number of hydrogen-bond donors (Lipinski definition) is 2. The Morgan fingerprint density at radius 2 is 1.96 bits per heavy atom. The van der Waals surface area contributed by atoms with Crippen molar-refractivity contribution >= 4 is 17.3 Å². The normalized spacial score (nSPS) is 12.2. The Labute approximate surface area is 142 Å². The second-order valence-electron chi connectivity index (χ2n) is 6.11. The second-order valence-corrected chi connectivity index (χ2v) is 6.11. The van der Waals surface area contributed by atoms with Crippen molar-refractivity contribution in [3.05, 3.63) is 59.9 Å². The van der Waals surface area contributed by atoms with E-state index in [-0.39, 0.29) is 11.6 Å². The van der Waals surface area contributed by atoms with E-state index in [9.17, 15) is 9.18 Å². The van der Waals surface area contributed by atoms with Crippen molar-refractivity contribution in [3.63, 3.8) is 0 Å². The minimum Gasteiger partial charge on any atom is -0.399 e. The van der Waals surface area contributed by atoms with Gasteiger partial charge in [-0.25, -0.2) is 4.39 Å². The lowest BCUT2D eigenvalue weighted by molar-refractivity contribution is -0.116. The van der Waals surface area contributed by atoms with Crippen LogP contribution in [0.1, 0.15) is 24.8 Å². The van der Waals surface area contributed by atoms with Crippen molar-refractivity contribution in [1.29, 1.82) is 0 Å². The summed E-state index contributed by atoms with van der Waals surface area (Å²) in [5.41, 5.74) is 7.43. The summed E-state index contributed by atoms with van der Waals surface area (Å²) in [6, 6.07) is 14.4. The van der Waals surface area contributed by atoms with Crippen LogP contribution < -0.4 is 11.1 Å². The van der Waals surface area contributed by atoms with E-state index in [0.717, 1.165) is 6.54 Å². The van der Waals surface area contributed by atoms with Crippen LogP contribution in [0.3, 0.4) is 0 Å². The highest BCUT2D eigenvalue weighted by molar-refractivity contribution is 5.91. The monoisotopic (exact) mass is 329 g/mol. The van der Waals surface area contributed by atoms with E-state index in [1.165, 1.54) is 23.8 Å². The van der Waals surface area contributed by atoms with Crippen LogP contribution in [-0.2, 0) is 4.79 Å². The number of carbonyl (C=O) groups excluding carboxylic acids is 1. The molecular weight excluding hydrogens is 305 g/mol. The van der Waals surface area contributed by atoms with Crippen LogP contribution in [0.4, 0.5) is 15.8 Å². The van der Waals surface area contributed by atoms with Gasteiger partial charge in [0.2, 0.25) is 5.91 Å². The maximum absolute atomic E-state index is 13.6. The first-order valence-electron chi connectivity index (χ1n) is 8.04. The summed E-state index contributed by atoms with van der Waals surface area (Å²) in [4.78, 5) is 14.1. The lowest BCUT2D eigenvalue weighted by Crippen LogP contribution is -2.27. The van der Waals surface area contributed by atoms with Gasteiger partial charge in [0.05, 0.1) is 5.69 Å². The average molecular weight is 329 g/mol. The molecule has 0 aliphatic rings. The molecule has 0 spiro atoms. The fourth-order valence-corrected chi connectivity index (χ4v) is 2.59. The number of nitrogens with two attached hydrogens (primary N) is 1. The summed E-state index contributed by atoms with van der Waals surface area (Å²) in [6.07, 6.45) is 0.298. The highest BCUT2D eigenvalue weighted by Gasteiger charge is 2.11. The van der Waals surface area contributed by atoms with Crippen molar-refractivity contribution in [3.8, 4) is 0 Å². The summed E-state index contributed by atoms with van der Waals surface area (Å²) in [5.74, 6) is -0.326. The van der Waals surface area contributed by atoms with Gasteiger partial charge in [-0.2, -0.15) is 0 Å². The molecule has 2 rings (SSSR count). The Kier molecular flexibility index (Phi) is 6.32. The van der Waals surface area contributed by atoms with Gasteiger partial charge in [-0.05, 0) is 36.7 Å². The van der Waals surface area contributed by atoms with Crippen LogP contribution in [0.25, 0.3) is 0 Å². The van der Waals surface area contributed by atoms with Gasteiger partial charge in [0.1, 0.15) is 5.82 Å². The number of hydrogen-bond acceptors (Lipinski definition) is 3. The van der Waals surface area contributed by atoms with Gasteiger partial charge >= 0.3 is 0 Å². The standard InChI is InChI=1S/C19H24FN3O/c1-14(15-6-4-3-5-7-15)13-23(2)11-10-19(24)22-18-12-16(21)8-9-17(18)20/h3-9,12,14H,10-11,13,21H2,1-2H3,(H,22,24). The Bertz CT molecular complexity index is 676. The van der Waals surface area contributed by atoms with Gasteiger partial charge in [0, 0.05) is 25.2 Å². The summed E-state index contributed by atoms with van der Waals surface area (Å²) in [6.45, 7) is 3.62. The molecule has 1 atom stereocenters. The zero-order valence-corrected chi connectivity index (χ0v) is 14.1. The molecule has 0 saturated carbocycles. The molecule has 128 valence electrons.